The molecule has 0 fully saturated rings. The summed E-state index contributed by atoms with van der Waals surface area (Å²) in [5.41, 5.74) is -1.90. The molecule has 0 aliphatic rings. The molecule has 4 aromatic heterocycles. The number of anilines is 4. The van der Waals surface area contributed by atoms with Gasteiger partial charge in [0.15, 0.2) is 5.78 Å². The van der Waals surface area contributed by atoms with E-state index in [1.54, 1.807) is 66.7 Å². The topological polar surface area (TPSA) is 251 Å². The Morgan fingerprint density at radius 3 is 1.45 bits per heavy atom. The van der Waals surface area contributed by atoms with Crippen LogP contribution < -0.4 is 32.4 Å². The highest BCUT2D eigenvalue weighted by atomic mass is 35.5. The molecule has 3 aromatic carbocycles. The Hall–Kier alpha value is -6.99. The van der Waals surface area contributed by atoms with Crippen molar-refractivity contribution in [2.45, 2.75) is 5.92 Å². The summed E-state index contributed by atoms with van der Waals surface area (Å²) in [7, 11) is 0. The summed E-state index contributed by atoms with van der Waals surface area (Å²) in [5.74, 6) is -3.35. The van der Waals surface area contributed by atoms with E-state index < -0.39 is 46.3 Å². The number of carbonyl (C=O) groups is 3. The van der Waals surface area contributed by atoms with Gasteiger partial charge in [-0.1, -0.05) is 53.5 Å². The number of hydrogen-bond donors (Lipinski definition) is 6. The molecule has 7 rings (SSSR count). The molecule has 19 nitrogen and oxygen atoms in total. The van der Waals surface area contributed by atoms with E-state index in [9.17, 15) is 24.0 Å². The maximum Gasteiger partial charge on any atom is 0.326 e. The van der Waals surface area contributed by atoms with E-state index in [1.807, 2.05) is 0 Å². The molecule has 6 N–H and O–H groups in total. The van der Waals surface area contributed by atoms with Crippen molar-refractivity contribution in [1.82, 2.24) is 49.6 Å². The van der Waals surface area contributed by atoms with Gasteiger partial charge in [-0.15, -0.1) is 20.4 Å². The third-order valence-corrected chi connectivity index (χ3v) is 7.64. The summed E-state index contributed by atoms with van der Waals surface area (Å²) < 4.78 is 1.95. The van der Waals surface area contributed by atoms with Gasteiger partial charge < -0.3 is 10.6 Å². The first-order chi connectivity index (χ1) is 24.6. The third-order valence-electron chi connectivity index (χ3n) is 7.14. The zero-order chi connectivity index (χ0) is 35.6. The standard InChI is InChI=1S/C30H20Cl2N14O5/c31-15-6-10-17(11-7-15)33-29(50)37-27-41-39-25-35-23(48)20(43-45(25)27)19(22(47)14-4-2-1-3-5-14)21-24(49)36-26-40-42-28(46(26)44-21)38-30(51)34-18-12-8-16(32)9-13-18/h1-13,19H,(H,35,39,48)(H,36,40,49)(H2,33,37,41,50)(H2,34,38,42,51). The number of nitrogens with zero attached hydrogens (tertiary/aromatic N) is 8. The molecule has 0 aliphatic carbocycles. The van der Waals surface area contributed by atoms with Crippen molar-refractivity contribution in [2.24, 2.45) is 0 Å². The predicted octanol–water partition coefficient (Wildman–Crippen LogP) is 3.55. The van der Waals surface area contributed by atoms with E-state index in [4.69, 9.17) is 23.2 Å². The molecule has 51 heavy (non-hydrogen) atoms. The largest absolute Gasteiger partial charge is 0.326 e. The van der Waals surface area contributed by atoms with Crippen LogP contribution in [-0.2, 0) is 0 Å². The van der Waals surface area contributed by atoms with Crippen LogP contribution in [-0.4, -0.2) is 67.4 Å². The van der Waals surface area contributed by atoms with Crippen molar-refractivity contribution in [3.05, 3.63) is 127 Å². The van der Waals surface area contributed by atoms with Crippen LogP contribution in [0.5, 0.6) is 0 Å². The van der Waals surface area contributed by atoms with E-state index in [0.717, 1.165) is 9.03 Å². The fourth-order valence-corrected chi connectivity index (χ4v) is 5.07. The lowest BCUT2D eigenvalue weighted by molar-refractivity contribution is 0.0968. The van der Waals surface area contributed by atoms with Crippen LogP contribution in [0.1, 0.15) is 27.7 Å². The molecule has 0 spiro atoms. The zero-order valence-electron chi connectivity index (χ0n) is 25.5. The minimum absolute atomic E-state index is 0.110. The minimum atomic E-state index is -1.75. The molecule has 0 unspecified atom stereocenters. The number of aromatic nitrogens is 10. The number of H-pyrrole nitrogens is 2. The van der Waals surface area contributed by atoms with E-state index >= 15 is 0 Å². The van der Waals surface area contributed by atoms with Crippen LogP contribution in [0.15, 0.2) is 88.5 Å². The molecule has 0 saturated heterocycles. The Labute approximate surface area is 293 Å². The smallest absolute Gasteiger partial charge is 0.308 e. The predicted molar refractivity (Wildman–Crippen MR) is 184 cm³/mol. The van der Waals surface area contributed by atoms with Crippen molar-refractivity contribution >= 4 is 75.9 Å². The van der Waals surface area contributed by atoms with E-state index in [1.165, 1.54) is 12.1 Å². The normalized spacial score (nSPS) is 11.1. The van der Waals surface area contributed by atoms with Gasteiger partial charge in [0.2, 0.25) is 0 Å². The molecular formula is C30H20Cl2N14O5. The number of fused-ring (bicyclic) bond motifs is 2. The lowest BCUT2D eigenvalue weighted by Crippen LogP contribution is -2.33. The molecule has 254 valence electrons. The molecule has 0 radical (unpaired) electrons. The Bertz CT molecular complexity index is 2410. The van der Waals surface area contributed by atoms with Gasteiger partial charge in [-0.2, -0.15) is 19.2 Å². The first-order valence-electron chi connectivity index (χ1n) is 14.6. The number of nitrogens with one attached hydrogen (secondary N) is 6. The number of hydrogen-bond acceptors (Lipinski definition) is 11. The summed E-state index contributed by atoms with van der Waals surface area (Å²) in [6.45, 7) is 0. The van der Waals surface area contributed by atoms with Gasteiger partial charge in [0.25, 0.3) is 34.6 Å². The highest BCUT2D eigenvalue weighted by molar-refractivity contribution is 6.31. The number of carbonyl (C=O) groups excluding carboxylic acids is 3. The molecule has 7 aromatic rings. The molecule has 0 bridgehead atoms. The average Bonchev–Trinajstić information content (AvgIpc) is 3.69. The average molecular weight is 727 g/mol. The lowest BCUT2D eigenvalue weighted by atomic mass is 9.92. The molecule has 21 heteroatoms. The van der Waals surface area contributed by atoms with Crippen molar-refractivity contribution in [3.8, 4) is 0 Å². The molecule has 4 amide bonds. The highest BCUT2D eigenvalue weighted by Crippen LogP contribution is 2.23. The van der Waals surface area contributed by atoms with Crippen LogP contribution >= 0.6 is 23.2 Å². The Balaban J connectivity index is 1.28. The SMILES string of the molecule is O=C(Nc1ccc(Cl)cc1)Nc1nnc2[nH]c(=O)c(C(C(=O)c3ccccc3)c3nn4c(NC(=O)Nc5ccc(Cl)cc5)nnc4[nH]c3=O)nn12. The Morgan fingerprint density at radius 1 is 0.588 bits per heavy atom. The second-order valence-corrected chi connectivity index (χ2v) is 11.4. The zero-order valence-corrected chi connectivity index (χ0v) is 27.0. The molecular weight excluding hydrogens is 707 g/mol. The number of rotatable bonds is 8. The highest BCUT2D eigenvalue weighted by Gasteiger charge is 2.34. The summed E-state index contributed by atoms with van der Waals surface area (Å²) >= 11 is 11.8. The van der Waals surface area contributed by atoms with Gasteiger partial charge in [0.05, 0.1) is 0 Å². The van der Waals surface area contributed by atoms with Crippen molar-refractivity contribution in [3.63, 3.8) is 0 Å². The van der Waals surface area contributed by atoms with Gasteiger partial charge in [-0.05, 0) is 48.5 Å². The van der Waals surface area contributed by atoms with Crippen LogP contribution in [0, 0.1) is 0 Å². The fraction of sp³-hybridized carbons (Fsp3) is 0.0333. The van der Waals surface area contributed by atoms with Crippen LogP contribution in [0.4, 0.5) is 32.9 Å². The monoisotopic (exact) mass is 726 g/mol. The van der Waals surface area contributed by atoms with Gasteiger partial charge in [-0.3, -0.25) is 35.0 Å². The number of Topliss-reactive ketones (excluding diaryl/α,β-unsaturated/α-hetero) is 1. The van der Waals surface area contributed by atoms with Crippen LogP contribution in [0.2, 0.25) is 10.0 Å². The van der Waals surface area contributed by atoms with E-state index in [0.29, 0.717) is 21.4 Å². The molecule has 4 heterocycles. The third kappa shape index (κ3) is 6.82. The van der Waals surface area contributed by atoms with Gasteiger partial charge >= 0.3 is 12.1 Å². The maximum absolute atomic E-state index is 14.1. The molecule has 0 aliphatic heterocycles. The Kier molecular flexibility index (Phi) is 8.61. The summed E-state index contributed by atoms with van der Waals surface area (Å²) in [4.78, 5) is 71.6. The Morgan fingerprint density at radius 2 is 1.02 bits per heavy atom. The molecule has 0 atom stereocenters. The number of aromatic amines is 2. The number of benzene rings is 3. The molecule has 0 saturated carbocycles. The van der Waals surface area contributed by atoms with Crippen molar-refractivity contribution < 1.29 is 14.4 Å². The lowest BCUT2D eigenvalue weighted by Gasteiger charge is -2.14. The second kappa shape index (κ2) is 13.5. The number of halogens is 2. The first-order valence-corrected chi connectivity index (χ1v) is 15.4. The van der Waals surface area contributed by atoms with Crippen LogP contribution in [0.3, 0.4) is 0 Å². The van der Waals surface area contributed by atoms with E-state index in [2.05, 4.69) is 61.8 Å². The quantitative estimate of drug-likeness (QED) is 0.124. The van der Waals surface area contributed by atoms with Crippen molar-refractivity contribution in [1.29, 1.82) is 0 Å². The fourth-order valence-electron chi connectivity index (χ4n) is 4.82. The first kappa shape index (κ1) is 32.6. The van der Waals surface area contributed by atoms with Gasteiger partial charge in [0, 0.05) is 27.0 Å². The minimum Gasteiger partial charge on any atom is -0.308 e. The van der Waals surface area contributed by atoms with Gasteiger partial charge in [-0.25, -0.2) is 9.59 Å². The number of urea groups is 2. The summed E-state index contributed by atoms with van der Waals surface area (Å²) in [5, 5.41) is 35.1. The maximum atomic E-state index is 14.1. The number of ketones is 1. The summed E-state index contributed by atoms with van der Waals surface area (Å²) in [6, 6.07) is 18.9. The van der Waals surface area contributed by atoms with E-state index in [-0.39, 0.29) is 29.0 Å². The summed E-state index contributed by atoms with van der Waals surface area (Å²) in [6.07, 6.45) is 0. The van der Waals surface area contributed by atoms with Gasteiger partial charge in [0.1, 0.15) is 17.3 Å². The van der Waals surface area contributed by atoms with Crippen LogP contribution in [0.25, 0.3) is 11.6 Å². The van der Waals surface area contributed by atoms with Crippen molar-refractivity contribution in [2.75, 3.05) is 21.3 Å². The number of amides is 4. The second-order valence-electron chi connectivity index (χ2n) is 10.5.